The monoisotopic (exact) mass is 848 g/mol. The van der Waals surface area contributed by atoms with Crippen LogP contribution in [0.15, 0.2) is 207 Å². The second-order valence-electron chi connectivity index (χ2n) is 18.3. The normalized spacial score (nSPS) is 19.5. The maximum Gasteiger partial charge on any atom is 0.204 e. The van der Waals surface area contributed by atoms with Gasteiger partial charge in [-0.1, -0.05) is 129 Å². The van der Waals surface area contributed by atoms with Gasteiger partial charge < -0.3 is 9.13 Å². The minimum atomic E-state index is -0.750. The molecule has 0 spiro atoms. The zero-order valence-electron chi connectivity index (χ0n) is 36.9. The van der Waals surface area contributed by atoms with E-state index in [0.717, 1.165) is 39.1 Å². The number of rotatable bonds is 7. The van der Waals surface area contributed by atoms with Crippen LogP contribution in [-0.2, 0) is 23.4 Å². The maximum atomic E-state index is 5.32. The maximum absolute atomic E-state index is 5.32. The van der Waals surface area contributed by atoms with Crippen molar-refractivity contribution in [3.05, 3.63) is 281 Å². The van der Waals surface area contributed by atoms with Gasteiger partial charge in [0, 0.05) is 76.8 Å². The van der Waals surface area contributed by atoms with E-state index in [4.69, 9.17) is 15.0 Å². The summed E-state index contributed by atoms with van der Waals surface area (Å²) < 4.78 is 4.27. The summed E-state index contributed by atoms with van der Waals surface area (Å²) in [5.74, 6) is 0.323. The van der Waals surface area contributed by atoms with Gasteiger partial charge in [-0.05, 0) is 116 Å². The van der Waals surface area contributed by atoms with Gasteiger partial charge in [0.2, 0.25) is 6.33 Å². The van der Waals surface area contributed by atoms with Crippen LogP contribution >= 0.6 is 0 Å². The molecule has 0 saturated carbocycles. The molecule has 0 amide bonds. The minimum absolute atomic E-state index is 0.323. The number of imidazole rings is 1. The summed E-state index contributed by atoms with van der Waals surface area (Å²) in [5.41, 5.74) is 18.7. The Hall–Kier alpha value is -8.09. The van der Waals surface area contributed by atoms with Crippen LogP contribution < -0.4 is 4.57 Å². The van der Waals surface area contributed by atoms with Gasteiger partial charge in [-0.3, -0.25) is 19.9 Å². The molecule has 3 aliphatic carbocycles. The van der Waals surface area contributed by atoms with Crippen molar-refractivity contribution in [3.63, 3.8) is 0 Å². The lowest BCUT2D eigenvalue weighted by atomic mass is 9.64. The topological polar surface area (TPSA) is 60.4 Å². The van der Waals surface area contributed by atoms with Crippen LogP contribution in [0.3, 0.4) is 0 Å². The number of pyridine rings is 4. The highest BCUT2D eigenvalue weighted by atomic mass is 15.2. The second-order valence-corrected chi connectivity index (χ2v) is 18.3. The highest BCUT2D eigenvalue weighted by molar-refractivity contribution is 5.89. The van der Waals surface area contributed by atoms with E-state index in [1.54, 1.807) is 0 Å². The Balaban J connectivity index is 1.13. The van der Waals surface area contributed by atoms with Crippen LogP contribution in [0.1, 0.15) is 86.7 Å². The number of aromatic nitrogens is 6. The third-order valence-corrected chi connectivity index (χ3v) is 14.9. The summed E-state index contributed by atoms with van der Waals surface area (Å²) in [6.07, 6.45) is 21.8. The van der Waals surface area contributed by atoms with Crippen LogP contribution in [0.5, 0.6) is 0 Å². The summed E-state index contributed by atoms with van der Waals surface area (Å²) in [5, 5.41) is 0. The van der Waals surface area contributed by atoms with E-state index < -0.39 is 16.4 Å². The molecular weight excluding hydrogens is 805 g/mol. The fourth-order valence-corrected chi connectivity index (χ4v) is 12.2. The molecule has 66 heavy (non-hydrogen) atoms. The molecule has 13 rings (SSSR count). The van der Waals surface area contributed by atoms with Crippen molar-refractivity contribution in [1.29, 1.82) is 0 Å². The Morgan fingerprint density at radius 2 is 0.939 bits per heavy atom. The zero-order valence-corrected chi connectivity index (χ0v) is 36.9. The summed E-state index contributed by atoms with van der Waals surface area (Å²) >= 11 is 0. The summed E-state index contributed by atoms with van der Waals surface area (Å²) in [6, 6.07) is 56.4. The molecule has 5 aromatic heterocycles. The molecule has 3 unspecified atom stereocenters. The van der Waals surface area contributed by atoms with Crippen molar-refractivity contribution in [1.82, 2.24) is 24.5 Å². The van der Waals surface area contributed by atoms with E-state index in [9.17, 15) is 0 Å². The van der Waals surface area contributed by atoms with Gasteiger partial charge in [0.15, 0.2) is 5.54 Å². The molecule has 5 heterocycles. The molecule has 3 aliphatic rings. The molecule has 0 aliphatic heterocycles. The van der Waals surface area contributed by atoms with E-state index >= 15 is 0 Å². The number of aryl methyl sites for hydroxylation is 1. The Bertz CT molecular complexity index is 3440. The third-order valence-electron chi connectivity index (χ3n) is 14.9. The van der Waals surface area contributed by atoms with Gasteiger partial charge in [0.1, 0.15) is 0 Å². The lowest BCUT2D eigenvalue weighted by molar-refractivity contribution is -0.675. The molecule has 10 aromatic rings. The van der Waals surface area contributed by atoms with Gasteiger partial charge in [-0.25, -0.2) is 0 Å². The number of hydrogen-bond acceptors (Lipinski definition) is 4. The molecule has 0 saturated heterocycles. The summed E-state index contributed by atoms with van der Waals surface area (Å²) in [6.45, 7) is 4.51. The first-order chi connectivity index (χ1) is 32.5. The SMILES string of the molecule is CC(C)c1ccnc(C2(c3cccc(C4(c5cccc(C6(n7[c-][n+](C)cc7)c7ccccc7-c7cnccc76)c5)c5ccccc5-c5cnccc54)c3)c3ccccc3-c3cnccc32)c1. The molecule has 314 valence electrons. The Morgan fingerprint density at radius 1 is 0.470 bits per heavy atom. The predicted molar refractivity (Wildman–Crippen MR) is 258 cm³/mol. The van der Waals surface area contributed by atoms with Crippen molar-refractivity contribution in [2.45, 2.75) is 36.1 Å². The summed E-state index contributed by atoms with van der Waals surface area (Å²) in [4.78, 5) is 19.4. The summed E-state index contributed by atoms with van der Waals surface area (Å²) in [7, 11) is 2.04. The van der Waals surface area contributed by atoms with Crippen molar-refractivity contribution < 1.29 is 4.57 Å². The van der Waals surface area contributed by atoms with Crippen molar-refractivity contribution in [3.8, 4) is 33.4 Å². The van der Waals surface area contributed by atoms with E-state index in [2.05, 4.69) is 200 Å². The van der Waals surface area contributed by atoms with Crippen LogP contribution in [-0.4, -0.2) is 24.5 Å². The van der Waals surface area contributed by atoms with Gasteiger partial charge in [-0.2, -0.15) is 0 Å². The van der Waals surface area contributed by atoms with Crippen molar-refractivity contribution in [2.75, 3.05) is 0 Å². The molecule has 0 fully saturated rings. The average molecular weight is 849 g/mol. The van der Waals surface area contributed by atoms with Crippen molar-refractivity contribution >= 4 is 0 Å². The van der Waals surface area contributed by atoms with E-state index in [1.807, 2.05) is 48.8 Å². The third kappa shape index (κ3) is 4.93. The number of fused-ring (bicyclic) bond motifs is 9. The second kappa shape index (κ2) is 14.2. The van der Waals surface area contributed by atoms with Crippen LogP contribution in [0, 0.1) is 6.33 Å². The average Bonchev–Trinajstić information content (AvgIpc) is 4.11. The van der Waals surface area contributed by atoms with Crippen molar-refractivity contribution in [2.24, 2.45) is 7.05 Å². The smallest absolute Gasteiger partial charge is 0.204 e. The van der Waals surface area contributed by atoms with E-state index in [0.29, 0.717) is 5.92 Å². The zero-order chi connectivity index (χ0) is 44.2. The van der Waals surface area contributed by atoms with Crippen LogP contribution in [0.4, 0.5) is 0 Å². The lowest BCUT2D eigenvalue weighted by Crippen LogP contribution is -2.38. The first-order valence-electron chi connectivity index (χ1n) is 22.7. The largest absolute Gasteiger partial charge is 0.354 e. The Kier molecular flexibility index (Phi) is 8.26. The molecule has 0 bridgehead atoms. The molecular formula is C60H44N6. The highest BCUT2D eigenvalue weighted by Gasteiger charge is 2.53. The molecule has 5 aromatic carbocycles. The molecule has 3 atom stereocenters. The molecule has 0 N–H and O–H groups in total. The number of benzene rings is 5. The van der Waals surface area contributed by atoms with Gasteiger partial charge >= 0.3 is 0 Å². The van der Waals surface area contributed by atoms with E-state index in [-0.39, 0.29) is 0 Å². The fraction of sp³-hybridized carbons (Fsp3) is 0.117. The van der Waals surface area contributed by atoms with Crippen LogP contribution in [0.25, 0.3) is 33.4 Å². The quantitative estimate of drug-likeness (QED) is 0.118. The first-order valence-corrected chi connectivity index (χ1v) is 22.7. The Morgan fingerprint density at radius 3 is 1.55 bits per heavy atom. The number of nitrogens with zero attached hydrogens (tertiary/aromatic N) is 6. The van der Waals surface area contributed by atoms with Gasteiger partial charge in [-0.15, -0.1) is 0 Å². The van der Waals surface area contributed by atoms with Gasteiger partial charge in [0.05, 0.1) is 23.6 Å². The lowest BCUT2D eigenvalue weighted by Gasteiger charge is -2.38. The molecule has 6 heteroatoms. The first kappa shape index (κ1) is 38.4. The molecule has 6 nitrogen and oxygen atoms in total. The highest BCUT2D eigenvalue weighted by Crippen LogP contribution is 2.60. The van der Waals surface area contributed by atoms with E-state index in [1.165, 1.54) is 61.2 Å². The Labute approximate surface area is 384 Å². The fourth-order valence-electron chi connectivity index (χ4n) is 12.2. The minimum Gasteiger partial charge on any atom is -0.354 e. The number of hydrogen-bond donors (Lipinski definition) is 0. The van der Waals surface area contributed by atoms with Crippen LogP contribution in [0.2, 0.25) is 0 Å². The predicted octanol–water partition coefficient (Wildman–Crippen LogP) is 11.4. The molecule has 0 radical (unpaired) electrons. The standard InChI is InChI=1S/C60H44N6/c1-39(2)40-22-29-64-57(32-40)59(52-20-8-5-17-46(52)49-36-62-27-24-54(49)59)43-14-10-12-41(33-43)58(51-19-7-4-16-45(51)48-35-61-26-23-53(48)58)42-13-11-15-44(34-42)60(66-31-30-65(3)38-66)55-21-9-6-18-47(55)50-37-63-28-25-56(50)60/h4-37,39H,1-3H3. The van der Waals surface area contributed by atoms with Gasteiger partial charge in [0.25, 0.3) is 0 Å².